The van der Waals surface area contributed by atoms with Crippen LogP contribution in [0, 0.1) is 0 Å². The third-order valence-corrected chi connectivity index (χ3v) is 4.06. The average molecular weight is 267 g/mol. The summed E-state index contributed by atoms with van der Waals surface area (Å²) in [6, 6.07) is 7.20. The zero-order chi connectivity index (χ0) is 10.4. The lowest BCUT2D eigenvalue weighted by molar-refractivity contribution is 0.245. The van der Waals surface area contributed by atoms with Crippen molar-refractivity contribution in [2.45, 2.75) is 18.4 Å². The lowest BCUT2D eigenvalue weighted by Gasteiger charge is -2.32. The molecular formula is C12H15BrN2. The Balaban J connectivity index is 1.96. The summed E-state index contributed by atoms with van der Waals surface area (Å²) in [5.41, 5.74) is 2.84. The van der Waals surface area contributed by atoms with Crippen molar-refractivity contribution in [2.24, 2.45) is 0 Å². The van der Waals surface area contributed by atoms with Gasteiger partial charge in [0.25, 0.3) is 0 Å². The molecule has 2 heterocycles. The molecule has 1 saturated heterocycles. The van der Waals surface area contributed by atoms with Crippen LogP contribution in [0.1, 0.15) is 17.9 Å². The highest BCUT2D eigenvalue weighted by Gasteiger charge is 2.35. The molecule has 2 aliphatic rings. The number of nitrogens with one attached hydrogen (secondary N) is 1. The predicted octanol–water partition coefficient (Wildman–Crippen LogP) is 2.66. The molecule has 1 aromatic rings. The van der Waals surface area contributed by atoms with E-state index in [-0.39, 0.29) is 0 Å². The van der Waals surface area contributed by atoms with Crippen molar-refractivity contribution >= 4 is 21.6 Å². The van der Waals surface area contributed by atoms with Gasteiger partial charge in [0.2, 0.25) is 0 Å². The molecule has 80 valence electrons. The number of rotatable bonds is 0. The minimum absolute atomic E-state index is 0.619. The fourth-order valence-corrected chi connectivity index (χ4v) is 3.18. The molecule has 2 unspecified atom stereocenters. The number of anilines is 1. The molecule has 0 radical (unpaired) electrons. The number of likely N-dealkylation sites (tertiary alicyclic amines) is 1. The molecule has 2 atom stereocenters. The van der Waals surface area contributed by atoms with Crippen molar-refractivity contribution < 1.29 is 0 Å². The summed E-state index contributed by atoms with van der Waals surface area (Å²) in [6.07, 6.45) is 1.28. The van der Waals surface area contributed by atoms with E-state index in [0.717, 1.165) is 6.54 Å². The molecule has 0 spiro atoms. The Labute approximate surface area is 98.8 Å². The minimum atomic E-state index is 0.619. The van der Waals surface area contributed by atoms with Crippen molar-refractivity contribution in [3.05, 3.63) is 28.2 Å². The van der Waals surface area contributed by atoms with Gasteiger partial charge >= 0.3 is 0 Å². The maximum absolute atomic E-state index is 3.63. The highest BCUT2D eigenvalue weighted by molar-refractivity contribution is 9.10. The van der Waals surface area contributed by atoms with Gasteiger partial charge in [-0.15, -0.1) is 0 Å². The van der Waals surface area contributed by atoms with Crippen molar-refractivity contribution in [1.82, 2.24) is 4.90 Å². The van der Waals surface area contributed by atoms with E-state index in [2.05, 4.69) is 51.4 Å². The third kappa shape index (κ3) is 1.58. The maximum Gasteiger partial charge on any atom is 0.0458 e. The number of fused-ring (bicyclic) bond motifs is 3. The smallest absolute Gasteiger partial charge is 0.0458 e. The Morgan fingerprint density at radius 1 is 1.47 bits per heavy atom. The first-order valence-electron chi connectivity index (χ1n) is 5.48. The van der Waals surface area contributed by atoms with Crippen LogP contribution in [0.15, 0.2) is 22.7 Å². The lowest BCUT2D eigenvalue weighted by Crippen LogP contribution is -2.41. The van der Waals surface area contributed by atoms with Gasteiger partial charge in [-0.05, 0) is 43.8 Å². The van der Waals surface area contributed by atoms with Crippen LogP contribution in [-0.4, -0.2) is 31.1 Å². The van der Waals surface area contributed by atoms with Crippen LogP contribution >= 0.6 is 15.9 Å². The minimum Gasteiger partial charge on any atom is -0.380 e. The normalized spacial score (nSPS) is 29.5. The quantitative estimate of drug-likeness (QED) is 0.777. The van der Waals surface area contributed by atoms with E-state index in [1.807, 2.05) is 0 Å². The van der Waals surface area contributed by atoms with E-state index < -0.39 is 0 Å². The van der Waals surface area contributed by atoms with Gasteiger partial charge in [0.1, 0.15) is 0 Å². The number of halogens is 1. The summed E-state index contributed by atoms with van der Waals surface area (Å²) < 4.78 is 1.20. The summed E-state index contributed by atoms with van der Waals surface area (Å²) in [6.45, 7) is 2.38. The standard InChI is InChI=1S/C12H15BrN2/c1-15-5-4-9-10-6-8(13)2-3-11(10)14-12(9)7-15/h2-3,6,9,12,14H,4-5,7H2,1H3. The van der Waals surface area contributed by atoms with Crippen LogP contribution < -0.4 is 5.32 Å². The summed E-state index contributed by atoms with van der Waals surface area (Å²) in [7, 11) is 2.21. The van der Waals surface area contributed by atoms with E-state index in [0.29, 0.717) is 12.0 Å². The molecule has 3 rings (SSSR count). The summed E-state index contributed by atoms with van der Waals surface area (Å²) in [4.78, 5) is 2.41. The van der Waals surface area contributed by atoms with E-state index in [1.54, 1.807) is 0 Å². The van der Waals surface area contributed by atoms with Gasteiger partial charge in [-0.25, -0.2) is 0 Å². The molecule has 0 amide bonds. The highest BCUT2D eigenvalue weighted by atomic mass is 79.9. The van der Waals surface area contributed by atoms with Crippen molar-refractivity contribution in [3.63, 3.8) is 0 Å². The molecular weight excluding hydrogens is 252 g/mol. The number of likely N-dealkylation sites (N-methyl/N-ethyl adjacent to an activating group) is 1. The van der Waals surface area contributed by atoms with Gasteiger partial charge in [-0.1, -0.05) is 15.9 Å². The Morgan fingerprint density at radius 3 is 3.20 bits per heavy atom. The highest BCUT2D eigenvalue weighted by Crippen LogP contribution is 2.41. The Hall–Kier alpha value is -0.540. The monoisotopic (exact) mass is 266 g/mol. The van der Waals surface area contributed by atoms with Crippen LogP contribution in [-0.2, 0) is 0 Å². The molecule has 2 aliphatic heterocycles. The van der Waals surface area contributed by atoms with Crippen LogP contribution in [0.25, 0.3) is 0 Å². The van der Waals surface area contributed by atoms with Gasteiger partial charge in [0.15, 0.2) is 0 Å². The van der Waals surface area contributed by atoms with Gasteiger partial charge in [-0.2, -0.15) is 0 Å². The van der Waals surface area contributed by atoms with Crippen LogP contribution in [0.5, 0.6) is 0 Å². The lowest BCUT2D eigenvalue weighted by atomic mass is 9.89. The number of piperidine rings is 1. The number of benzene rings is 1. The topological polar surface area (TPSA) is 15.3 Å². The predicted molar refractivity (Wildman–Crippen MR) is 66.4 cm³/mol. The first kappa shape index (κ1) is 9.67. The van der Waals surface area contributed by atoms with E-state index in [4.69, 9.17) is 0 Å². The van der Waals surface area contributed by atoms with E-state index in [9.17, 15) is 0 Å². The second-order valence-electron chi connectivity index (χ2n) is 4.64. The van der Waals surface area contributed by atoms with Gasteiger partial charge in [-0.3, -0.25) is 0 Å². The molecule has 1 N–H and O–H groups in total. The second-order valence-corrected chi connectivity index (χ2v) is 5.56. The molecule has 1 aromatic carbocycles. The van der Waals surface area contributed by atoms with Crippen LogP contribution in [0.2, 0.25) is 0 Å². The van der Waals surface area contributed by atoms with Gasteiger partial charge in [0, 0.05) is 28.7 Å². The second kappa shape index (κ2) is 3.49. The summed E-state index contributed by atoms with van der Waals surface area (Å²) >= 11 is 3.56. The van der Waals surface area contributed by atoms with Crippen molar-refractivity contribution in [2.75, 3.05) is 25.5 Å². The first-order valence-corrected chi connectivity index (χ1v) is 6.28. The van der Waals surface area contributed by atoms with Gasteiger partial charge in [0.05, 0.1) is 0 Å². The summed E-state index contributed by atoms with van der Waals surface area (Å²) in [5, 5.41) is 3.63. The van der Waals surface area contributed by atoms with Crippen LogP contribution in [0.3, 0.4) is 0 Å². The first-order chi connectivity index (χ1) is 7.24. The third-order valence-electron chi connectivity index (χ3n) is 3.57. The van der Waals surface area contributed by atoms with Crippen molar-refractivity contribution in [1.29, 1.82) is 0 Å². The van der Waals surface area contributed by atoms with Crippen molar-refractivity contribution in [3.8, 4) is 0 Å². The molecule has 0 aliphatic carbocycles. The molecule has 2 nitrogen and oxygen atoms in total. The molecule has 15 heavy (non-hydrogen) atoms. The summed E-state index contributed by atoms with van der Waals surface area (Å²) in [5.74, 6) is 0.716. The number of hydrogen-bond donors (Lipinski definition) is 1. The fourth-order valence-electron chi connectivity index (χ4n) is 2.80. The SMILES string of the molecule is CN1CCC2c3cc(Br)ccc3NC2C1. The molecule has 0 bridgehead atoms. The zero-order valence-corrected chi connectivity index (χ0v) is 10.4. The largest absolute Gasteiger partial charge is 0.380 e. The molecule has 0 saturated carbocycles. The Morgan fingerprint density at radius 2 is 2.33 bits per heavy atom. The van der Waals surface area contributed by atoms with E-state index in [1.165, 1.54) is 28.7 Å². The maximum atomic E-state index is 3.63. The van der Waals surface area contributed by atoms with Gasteiger partial charge < -0.3 is 10.2 Å². The Bertz CT molecular complexity index is 391. The molecule has 0 aromatic heterocycles. The number of nitrogens with zero attached hydrogens (tertiary/aromatic N) is 1. The average Bonchev–Trinajstić information content (AvgIpc) is 2.54. The van der Waals surface area contributed by atoms with Crippen LogP contribution in [0.4, 0.5) is 5.69 Å². The van der Waals surface area contributed by atoms with E-state index >= 15 is 0 Å². The number of hydrogen-bond acceptors (Lipinski definition) is 2. The molecule has 3 heteroatoms. The fraction of sp³-hybridized carbons (Fsp3) is 0.500. The molecule has 1 fully saturated rings. The Kier molecular flexibility index (Phi) is 2.25. The zero-order valence-electron chi connectivity index (χ0n) is 8.83.